The number of nitrogens with zero attached hydrogens (tertiary/aromatic N) is 5. The van der Waals surface area contributed by atoms with Crippen molar-refractivity contribution in [1.82, 2.24) is 24.8 Å². The summed E-state index contributed by atoms with van der Waals surface area (Å²) in [6, 6.07) is 0. The third-order valence-corrected chi connectivity index (χ3v) is 3.02. The third-order valence-electron chi connectivity index (χ3n) is 2.44. The van der Waals surface area contributed by atoms with E-state index in [1.807, 2.05) is 6.92 Å². The lowest BCUT2D eigenvalue weighted by Crippen LogP contribution is -2.12. The Labute approximate surface area is 112 Å². The molecule has 0 bridgehead atoms. The number of hydrogen-bond donors (Lipinski definition) is 1. The van der Waals surface area contributed by atoms with Gasteiger partial charge in [0.15, 0.2) is 5.69 Å². The van der Waals surface area contributed by atoms with Crippen molar-refractivity contribution in [3.05, 3.63) is 28.3 Å². The molecule has 0 amide bonds. The molecule has 0 aromatic carbocycles. The van der Waals surface area contributed by atoms with Crippen molar-refractivity contribution < 1.29 is 4.79 Å². The zero-order valence-electron chi connectivity index (χ0n) is 9.88. The van der Waals surface area contributed by atoms with Gasteiger partial charge in [-0.1, -0.05) is 5.21 Å². The van der Waals surface area contributed by atoms with Crippen molar-refractivity contribution in [3.63, 3.8) is 0 Å². The van der Waals surface area contributed by atoms with E-state index in [1.54, 1.807) is 21.8 Å². The van der Waals surface area contributed by atoms with E-state index in [9.17, 15) is 4.79 Å². The average Bonchev–Trinajstić information content (AvgIpc) is 2.95. The van der Waals surface area contributed by atoms with Gasteiger partial charge in [-0.05, 0) is 22.9 Å². The van der Waals surface area contributed by atoms with Crippen LogP contribution in [0.2, 0.25) is 0 Å². The van der Waals surface area contributed by atoms with Gasteiger partial charge in [-0.3, -0.25) is 14.2 Å². The molecule has 7 nitrogen and oxygen atoms in total. The number of halogens is 1. The van der Waals surface area contributed by atoms with Gasteiger partial charge in [-0.25, -0.2) is 0 Å². The summed E-state index contributed by atoms with van der Waals surface area (Å²) < 4.78 is 3.82. The van der Waals surface area contributed by atoms with E-state index in [0.717, 1.165) is 0 Å². The van der Waals surface area contributed by atoms with Crippen molar-refractivity contribution in [3.8, 4) is 0 Å². The molecule has 2 rings (SSSR count). The van der Waals surface area contributed by atoms with Crippen LogP contribution in [-0.2, 0) is 13.1 Å². The highest BCUT2D eigenvalue weighted by atomic mass is 79.9. The largest absolute Gasteiger partial charge is 0.329 e. The quantitative estimate of drug-likeness (QED) is 0.809. The molecule has 18 heavy (non-hydrogen) atoms. The van der Waals surface area contributed by atoms with Crippen LogP contribution in [0.4, 0.5) is 0 Å². The first-order valence-corrected chi connectivity index (χ1v) is 6.32. The van der Waals surface area contributed by atoms with E-state index in [2.05, 4.69) is 31.3 Å². The van der Waals surface area contributed by atoms with Crippen LogP contribution < -0.4 is 5.73 Å². The van der Waals surface area contributed by atoms with E-state index < -0.39 is 0 Å². The molecule has 0 saturated carbocycles. The zero-order chi connectivity index (χ0) is 13.1. The molecule has 0 unspecified atom stereocenters. The van der Waals surface area contributed by atoms with E-state index in [-0.39, 0.29) is 5.78 Å². The number of aromatic nitrogens is 5. The van der Waals surface area contributed by atoms with E-state index in [4.69, 9.17) is 5.73 Å². The van der Waals surface area contributed by atoms with Gasteiger partial charge in [0.05, 0.1) is 23.4 Å². The van der Waals surface area contributed by atoms with Crippen LogP contribution >= 0.6 is 15.9 Å². The van der Waals surface area contributed by atoms with Crippen molar-refractivity contribution in [2.45, 2.75) is 20.0 Å². The van der Waals surface area contributed by atoms with Crippen LogP contribution in [0.1, 0.15) is 23.1 Å². The molecular weight excluding hydrogens is 300 g/mol. The van der Waals surface area contributed by atoms with E-state index in [0.29, 0.717) is 35.5 Å². The molecule has 2 aromatic heterocycles. The summed E-state index contributed by atoms with van der Waals surface area (Å²) in [7, 11) is 0. The van der Waals surface area contributed by atoms with Gasteiger partial charge in [0.1, 0.15) is 5.69 Å². The SMILES string of the molecule is CCn1ncc(Br)c1C(=O)c1cn(CCN)nn1. The smallest absolute Gasteiger partial charge is 0.234 e. The first-order valence-electron chi connectivity index (χ1n) is 5.53. The number of ketones is 1. The Bertz CT molecular complexity index is 560. The Morgan fingerprint density at radius 2 is 2.33 bits per heavy atom. The second kappa shape index (κ2) is 5.40. The second-order valence-electron chi connectivity index (χ2n) is 3.64. The van der Waals surface area contributed by atoms with Gasteiger partial charge in [0, 0.05) is 13.1 Å². The van der Waals surface area contributed by atoms with Gasteiger partial charge in [0.2, 0.25) is 5.78 Å². The fourth-order valence-electron chi connectivity index (χ4n) is 1.59. The molecule has 2 N–H and O–H groups in total. The zero-order valence-corrected chi connectivity index (χ0v) is 11.5. The molecule has 0 aliphatic heterocycles. The summed E-state index contributed by atoms with van der Waals surface area (Å²) >= 11 is 3.31. The topological polar surface area (TPSA) is 91.6 Å². The minimum absolute atomic E-state index is 0.204. The van der Waals surface area contributed by atoms with Gasteiger partial charge in [-0.15, -0.1) is 5.10 Å². The number of carbonyl (C=O) groups excluding carboxylic acids is 1. The van der Waals surface area contributed by atoms with Crippen LogP contribution in [-0.4, -0.2) is 37.1 Å². The Balaban J connectivity index is 2.32. The Hall–Kier alpha value is -1.54. The fraction of sp³-hybridized carbons (Fsp3) is 0.400. The Morgan fingerprint density at radius 3 is 3.00 bits per heavy atom. The Kier molecular flexibility index (Phi) is 3.87. The molecule has 0 saturated heterocycles. The molecule has 0 spiro atoms. The number of hydrogen-bond acceptors (Lipinski definition) is 5. The van der Waals surface area contributed by atoms with Crippen molar-refractivity contribution in [2.75, 3.05) is 6.54 Å². The van der Waals surface area contributed by atoms with Crippen LogP contribution in [0, 0.1) is 0 Å². The molecule has 8 heteroatoms. The predicted octanol–water partition coefficient (Wildman–Crippen LogP) is 0.447. The van der Waals surface area contributed by atoms with E-state index in [1.165, 1.54) is 0 Å². The maximum absolute atomic E-state index is 12.3. The van der Waals surface area contributed by atoms with Crippen LogP contribution in [0.15, 0.2) is 16.9 Å². The normalized spacial score (nSPS) is 10.8. The molecular formula is C10H13BrN6O. The standard InChI is InChI=1S/C10H13BrN6O/c1-2-17-9(7(11)5-13-17)10(18)8-6-16(4-3-12)15-14-8/h5-6H,2-4,12H2,1H3. The highest BCUT2D eigenvalue weighted by Gasteiger charge is 2.20. The van der Waals surface area contributed by atoms with Crippen molar-refractivity contribution >= 4 is 21.7 Å². The molecule has 0 atom stereocenters. The van der Waals surface area contributed by atoms with E-state index >= 15 is 0 Å². The summed E-state index contributed by atoms with van der Waals surface area (Å²) in [6.45, 7) is 3.52. The molecule has 0 radical (unpaired) electrons. The molecule has 0 fully saturated rings. The third kappa shape index (κ3) is 2.34. The van der Waals surface area contributed by atoms with Crippen LogP contribution in [0.25, 0.3) is 0 Å². The highest BCUT2D eigenvalue weighted by Crippen LogP contribution is 2.18. The molecule has 2 heterocycles. The number of carbonyl (C=O) groups is 1. The van der Waals surface area contributed by atoms with Gasteiger partial charge in [-0.2, -0.15) is 5.10 Å². The summed E-state index contributed by atoms with van der Waals surface area (Å²) in [5, 5.41) is 11.8. The summed E-state index contributed by atoms with van der Waals surface area (Å²) in [4.78, 5) is 12.3. The van der Waals surface area contributed by atoms with Crippen LogP contribution in [0.5, 0.6) is 0 Å². The van der Waals surface area contributed by atoms with Gasteiger partial charge < -0.3 is 5.73 Å². The number of aryl methyl sites for hydroxylation is 1. The highest BCUT2D eigenvalue weighted by molar-refractivity contribution is 9.10. The minimum Gasteiger partial charge on any atom is -0.329 e. The predicted molar refractivity (Wildman–Crippen MR) is 68.1 cm³/mol. The molecule has 96 valence electrons. The lowest BCUT2D eigenvalue weighted by molar-refractivity contribution is 0.102. The van der Waals surface area contributed by atoms with Gasteiger partial charge >= 0.3 is 0 Å². The maximum Gasteiger partial charge on any atom is 0.234 e. The second-order valence-corrected chi connectivity index (χ2v) is 4.50. The first kappa shape index (κ1) is 12.9. The van der Waals surface area contributed by atoms with Crippen LogP contribution in [0.3, 0.4) is 0 Å². The average molecular weight is 313 g/mol. The summed E-state index contributed by atoms with van der Waals surface area (Å²) in [5.74, 6) is -0.204. The Morgan fingerprint density at radius 1 is 1.56 bits per heavy atom. The fourth-order valence-corrected chi connectivity index (χ4v) is 2.07. The number of nitrogens with two attached hydrogens (primary N) is 1. The molecule has 0 aliphatic carbocycles. The number of rotatable bonds is 5. The molecule has 0 aliphatic rings. The maximum atomic E-state index is 12.3. The lowest BCUT2D eigenvalue weighted by atomic mass is 10.2. The van der Waals surface area contributed by atoms with Crippen molar-refractivity contribution in [2.24, 2.45) is 5.73 Å². The van der Waals surface area contributed by atoms with Gasteiger partial charge in [0.25, 0.3) is 0 Å². The van der Waals surface area contributed by atoms with Crippen molar-refractivity contribution in [1.29, 1.82) is 0 Å². The summed E-state index contributed by atoms with van der Waals surface area (Å²) in [6.07, 6.45) is 3.19. The lowest BCUT2D eigenvalue weighted by Gasteiger charge is -2.01. The first-order chi connectivity index (χ1) is 8.67. The monoisotopic (exact) mass is 312 g/mol. The minimum atomic E-state index is -0.204. The molecule has 2 aromatic rings. The summed E-state index contributed by atoms with van der Waals surface area (Å²) in [5.41, 5.74) is 6.19.